The first-order valence-corrected chi connectivity index (χ1v) is 23.1. The molecule has 1 fully saturated rings. The molecule has 0 radical (unpaired) electrons. The monoisotopic (exact) mass is 838 g/mol. The summed E-state index contributed by atoms with van der Waals surface area (Å²) < 4.78 is 11.4. The van der Waals surface area contributed by atoms with Crippen molar-refractivity contribution in [2.75, 3.05) is 19.7 Å². The van der Waals surface area contributed by atoms with Gasteiger partial charge in [0.25, 0.3) is 5.91 Å². The first-order chi connectivity index (χ1) is 29.0. The number of esters is 1. The first kappa shape index (κ1) is 49.9. The molecule has 1 aromatic rings. The highest BCUT2D eigenvalue weighted by Gasteiger charge is 2.42. The van der Waals surface area contributed by atoms with Crippen LogP contribution in [-0.4, -0.2) is 84.0 Å². The van der Waals surface area contributed by atoms with Gasteiger partial charge in [0.1, 0.15) is 30.5 Å². The van der Waals surface area contributed by atoms with Gasteiger partial charge in [-0.2, -0.15) is 0 Å². The lowest BCUT2D eigenvalue weighted by Crippen LogP contribution is -2.51. The van der Waals surface area contributed by atoms with Gasteiger partial charge in [-0.05, 0) is 83.4 Å². The maximum Gasteiger partial charge on any atom is 0.328 e. The second-order valence-corrected chi connectivity index (χ2v) is 16.8. The molecular formula is C47H75N5O8. The number of unbranched alkanes of at least 4 members (excludes halogenated alkanes) is 16. The Morgan fingerprint density at radius 2 is 1.58 bits per heavy atom. The average molecular weight is 838 g/mol. The van der Waals surface area contributed by atoms with E-state index in [0.717, 1.165) is 25.7 Å². The van der Waals surface area contributed by atoms with Crippen LogP contribution in [0.4, 0.5) is 0 Å². The Morgan fingerprint density at radius 3 is 2.25 bits per heavy atom. The van der Waals surface area contributed by atoms with E-state index in [0.29, 0.717) is 37.9 Å². The predicted molar refractivity (Wildman–Crippen MR) is 235 cm³/mol. The Hall–Kier alpha value is -4.42. The fourth-order valence-electron chi connectivity index (χ4n) is 7.45. The third-order valence-electron chi connectivity index (χ3n) is 11.2. The minimum atomic E-state index is -1.38. The van der Waals surface area contributed by atoms with Crippen molar-refractivity contribution in [1.82, 2.24) is 21.3 Å². The van der Waals surface area contributed by atoms with Gasteiger partial charge >= 0.3 is 5.97 Å². The second kappa shape index (κ2) is 28.9. The number of hydrogen-bond donors (Lipinski definition) is 5. The molecule has 0 aliphatic carbocycles. The normalized spacial score (nSPS) is 18.8. The molecule has 1 aromatic carbocycles. The summed E-state index contributed by atoms with van der Waals surface area (Å²) in [7, 11) is 0. The lowest BCUT2D eigenvalue weighted by molar-refractivity contribution is -0.154. The van der Waals surface area contributed by atoms with Crippen LogP contribution in [0.1, 0.15) is 174 Å². The molecule has 4 unspecified atom stereocenters. The Kier molecular flexibility index (Phi) is 24.1. The Labute approximate surface area is 359 Å². The van der Waals surface area contributed by atoms with E-state index in [-0.39, 0.29) is 42.9 Å². The summed E-state index contributed by atoms with van der Waals surface area (Å²) >= 11 is 0. The largest absolute Gasteiger partial charge is 0.507 e. The molecule has 0 aromatic heterocycles. The van der Waals surface area contributed by atoms with Crippen molar-refractivity contribution in [1.29, 1.82) is 0 Å². The number of aliphatic imine (C=N–C) groups is 1. The zero-order valence-electron chi connectivity index (χ0n) is 36.8. The zero-order chi connectivity index (χ0) is 43.4. The summed E-state index contributed by atoms with van der Waals surface area (Å²) in [5.41, 5.74) is -1.03. The molecule has 5 N–H and O–H groups in total. The minimum absolute atomic E-state index is 0.0390. The standard InChI is InChI=1S/C47H75N5O8/c1-4-5-6-7-8-9-10-11-12-13-14-15-16-17-18-19-20-31-41(54)48-32-25-24-29-39(45(57)60-36(2)34-42(55)50-38-28-23-26-33-49-43(38)56)51-46(58)47(3)35-59-44(52-47)37-27-21-22-30-40(37)53/h20-22,27,30-31,36,38-39,53H,4-19,23-26,28-29,32-35H2,1-3H3,(H,48,54)(H,49,56)(H,50,55)(H,51,58). The number of aromatic hydroxyl groups is 1. The van der Waals surface area contributed by atoms with E-state index in [1.807, 2.05) is 6.08 Å². The number of amides is 4. The van der Waals surface area contributed by atoms with E-state index in [2.05, 4.69) is 33.2 Å². The highest BCUT2D eigenvalue weighted by Crippen LogP contribution is 2.26. The SMILES string of the molecule is CCCCCCCCCCCCCCCCCC=CC(=O)NCCCCC(NC(=O)C1(C)COC(c2ccccc2O)=N1)C(=O)OC(C)CC(=O)NC1CCCCNC1=O. The number of nitrogens with one attached hydrogen (secondary N) is 4. The topological polar surface area (TPSA) is 185 Å². The van der Waals surface area contributed by atoms with Crippen molar-refractivity contribution in [3.8, 4) is 5.75 Å². The van der Waals surface area contributed by atoms with Gasteiger partial charge in [-0.15, -0.1) is 0 Å². The zero-order valence-corrected chi connectivity index (χ0v) is 36.8. The van der Waals surface area contributed by atoms with Gasteiger partial charge < -0.3 is 35.8 Å². The Balaban J connectivity index is 1.39. The third-order valence-corrected chi connectivity index (χ3v) is 11.2. The van der Waals surface area contributed by atoms with Gasteiger partial charge in [0.15, 0.2) is 5.54 Å². The highest BCUT2D eigenvalue weighted by atomic mass is 16.5. The van der Waals surface area contributed by atoms with Crippen LogP contribution in [0.5, 0.6) is 5.75 Å². The molecule has 4 amide bonds. The molecular weight excluding hydrogens is 763 g/mol. The van der Waals surface area contributed by atoms with Gasteiger partial charge in [-0.3, -0.25) is 19.2 Å². The summed E-state index contributed by atoms with van der Waals surface area (Å²) in [5.74, 6) is -2.01. The Morgan fingerprint density at radius 1 is 0.933 bits per heavy atom. The lowest BCUT2D eigenvalue weighted by atomic mass is 10.0. The molecule has 0 spiro atoms. The van der Waals surface area contributed by atoms with E-state index >= 15 is 0 Å². The first-order valence-electron chi connectivity index (χ1n) is 23.1. The van der Waals surface area contributed by atoms with Crippen molar-refractivity contribution in [3.05, 3.63) is 42.0 Å². The van der Waals surface area contributed by atoms with Gasteiger partial charge in [0.05, 0.1) is 12.0 Å². The van der Waals surface area contributed by atoms with Crippen LogP contribution in [0.3, 0.4) is 0 Å². The van der Waals surface area contributed by atoms with Crippen molar-refractivity contribution in [2.45, 2.75) is 192 Å². The molecule has 3 rings (SSSR count). The Bertz CT molecular complexity index is 1530. The quantitative estimate of drug-likeness (QED) is 0.0298. The van der Waals surface area contributed by atoms with Crippen LogP contribution in [0.15, 0.2) is 41.4 Å². The molecule has 2 aliphatic rings. The number of carbonyl (C=O) groups is 5. The van der Waals surface area contributed by atoms with Crippen LogP contribution < -0.4 is 21.3 Å². The summed E-state index contributed by atoms with van der Waals surface area (Å²) in [4.78, 5) is 69.1. The molecule has 0 bridgehead atoms. The summed E-state index contributed by atoms with van der Waals surface area (Å²) in [6.07, 6.45) is 26.6. The van der Waals surface area contributed by atoms with Crippen molar-refractivity contribution in [3.63, 3.8) is 0 Å². The fourth-order valence-corrected chi connectivity index (χ4v) is 7.45. The summed E-state index contributed by atoms with van der Waals surface area (Å²) in [6, 6.07) is 4.81. The number of para-hydroxylation sites is 1. The predicted octanol–water partition coefficient (Wildman–Crippen LogP) is 7.62. The number of hydrogen-bond acceptors (Lipinski definition) is 9. The molecule has 13 nitrogen and oxygen atoms in total. The van der Waals surface area contributed by atoms with Crippen LogP contribution in [-0.2, 0) is 33.4 Å². The number of allylic oxidation sites excluding steroid dienone is 1. The van der Waals surface area contributed by atoms with Crippen LogP contribution in [0.2, 0.25) is 0 Å². The minimum Gasteiger partial charge on any atom is -0.507 e. The van der Waals surface area contributed by atoms with Gasteiger partial charge in [-0.25, -0.2) is 9.79 Å². The molecule has 60 heavy (non-hydrogen) atoms. The molecule has 4 atom stereocenters. The maximum absolute atomic E-state index is 13.6. The van der Waals surface area contributed by atoms with E-state index in [9.17, 15) is 29.1 Å². The van der Waals surface area contributed by atoms with Crippen molar-refractivity contribution >= 4 is 35.5 Å². The highest BCUT2D eigenvalue weighted by molar-refractivity contribution is 6.02. The van der Waals surface area contributed by atoms with Crippen molar-refractivity contribution in [2.24, 2.45) is 4.99 Å². The number of rotatable bonds is 30. The summed E-state index contributed by atoms with van der Waals surface area (Å²) in [6.45, 7) is 6.29. The van der Waals surface area contributed by atoms with Gasteiger partial charge in [0.2, 0.25) is 23.6 Å². The molecule has 2 aliphatic heterocycles. The molecule has 336 valence electrons. The lowest BCUT2D eigenvalue weighted by Gasteiger charge is -2.24. The smallest absolute Gasteiger partial charge is 0.328 e. The van der Waals surface area contributed by atoms with Crippen LogP contribution >= 0.6 is 0 Å². The fraction of sp³-hybridized carbons (Fsp3) is 0.702. The molecule has 13 heteroatoms. The van der Waals surface area contributed by atoms with Gasteiger partial charge in [0, 0.05) is 13.1 Å². The number of nitrogens with zero attached hydrogens (tertiary/aromatic N) is 1. The molecule has 0 saturated carbocycles. The van der Waals surface area contributed by atoms with Gasteiger partial charge in [-0.1, -0.05) is 115 Å². The molecule has 2 heterocycles. The number of benzene rings is 1. The van der Waals surface area contributed by atoms with E-state index < -0.39 is 41.5 Å². The second-order valence-electron chi connectivity index (χ2n) is 16.8. The number of ether oxygens (including phenoxy) is 2. The van der Waals surface area contributed by atoms with Crippen LogP contribution in [0.25, 0.3) is 0 Å². The summed E-state index contributed by atoms with van der Waals surface area (Å²) in [5, 5.41) is 21.5. The van der Waals surface area contributed by atoms with Crippen LogP contribution in [0, 0.1) is 0 Å². The third kappa shape index (κ3) is 19.8. The van der Waals surface area contributed by atoms with E-state index in [1.54, 1.807) is 38.1 Å². The number of phenolic OH excluding ortho intramolecular Hbond substituents is 1. The van der Waals surface area contributed by atoms with E-state index in [4.69, 9.17) is 9.47 Å². The van der Waals surface area contributed by atoms with E-state index in [1.165, 1.54) is 96.0 Å². The molecule has 1 saturated heterocycles. The average Bonchev–Trinajstić information content (AvgIpc) is 3.52. The number of phenols is 1. The maximum atomic E-state index is 13.6. The van der Waals surface area contributed by atoms with Crippen molar-refractivity contribution < 1.29 is 38.6 Å². The number of carbonyl (C=O) groups excluding carboxylic acids is 5.